The third kappa shape index (κ3) is 3.69. The number of carbonyl (C=O) groups excluding carboxylic acids is 1. The van der Waals surface area contributed by atoms with E-state index in [1.165, 1.54) is 12.5 Å². The molecule has 1 amide bonds. The van der Waals surface area contributed by atoms with Gasteiger partial charge in [-0.1, -0.05) is 13.8 Å². The summed E-state index contributed by atoms with van der Waals surface area (Å²) >= 11 is 0. The molecule has 0 aromatic carbocycles. The highest BCUT2D eigenvalue weighted by atomic mass is 19.3. The minimum absolute atomic E-state index is 0.00349. The van der Waals surface area contributed by atoms with Gasteiger partial charge in [0.05, 0.1) is 24.3 Å². The lowest BCUT2D eigenvalue weighted by molar-refractivity contribution is 0.0118. The SMILES string of the molecule is CC(C)c1ncncc1C(=O)NCC(F)(F)CN. The standard InChI is InChI=1S/C11H16F2N4O/c1-7(2)9-8(3-15-6-17-9)10(18)16-5-11(12,13)4-14/h3,6-7H,4-5,14H2,1-2H3,(H,16,18). The fraction of sp³-hybridized carbons (Fsp3) is 0.545. The average Bonchev–Trinajstić information content (AvgIpc) is 2.36. The lowest BCUT2D eigenvalue weighted by atomic mass is 10.0. The maximum absolute atomic E-state index is 12.9. The second-order valence-corrected chi connectivity index (χ2v) is 4.22. The van der Waals surface area contributed by atoms with Crippen LogP contribution in [0.25, 0.3) is 0 Å². The summed E-state index contributed by atoms with van der Waals surface area (Å²) in [6.07, 6.45) is 2.64. The predicted molar refractivity (Wildman–Crippen MR) is 62.5 cm³/mol. The molecule has 7 heteroatoms. The second-order valence-electron chi connectivity index (χ2n) is 4.22. The summed E-state index contributed by atoms with van der Waals surface area (Å²) in [5, 5.41) is 2.14. The molecule has 0 aliphatic heterocycles. The van der Waals surface area contributed by atoms with Crippen LogP contribution in [0.4, 0.5) is 8.78 Å². The van der Waals surface area contributed by atoms with Crippen LogP contribution < -0.4 is 11.1 Å². The van der Waals surface area contributed by atoms with Crippen LogP contribution >= 0.6 is 0 Å². The minimum atomic E-state index is -3.11. The Kier molecular flexibility index (Phi) is 4.66. The molecular weight excluding hydrogens is 242 g/mol. The predicted octanol–water partition coefficient (Wildman–Crippen LogP) is 0.924. The van der Waals surface area contributed by atoms with E-state index >= 15 is 0 Å². The first-order valence-electron chi connectivity index (χ1n) is 5.53. The molecule has 0 saturated heterocycles. The van der Waals surface area contributed by atoms with Crippen LogP contribution in [-0.4, -0.2) is 34.9 Å². The number of hydrogen-bond acceptors (Lipinski definition) is 4. The molecule has 0 unspecified atom stereocenters. The fourth-order valence-corrected chi connectivity index (χ4v) is 1.35. The van der Waals surface area contributed by atoms with E-state index in [-0.39, 0.29) is 11.5 Å². The molecule has 3 N–H and O–H groups in total. The number of rotatable bonds is 5. The molecule has 0 spiro atoms. The summed E-state index contributed by atoms with van der Waals surface area (Å²) in [5.41, 5.74) is 5.62. The molecule has 1 aromatic heterocycles. The summed E-state index contributed by atoms with van der Waals surface area (Å²) in [6.45, 7) is 2.10. The molecule has 0 radical (unpaired) electrons. The summed E-state index contributed by atoms with van der Waals surface area (Å²) in [4.78, 5) is 19.5. The van der Waals surface area contributed by atoms with Gasteiger partial charge in [0.25, 0.3) is 11.8 Å². The van der Waals surface area contributed by atoms with Crippen LogP contribution in [0.1, 0.15) is 35.8 Å². The van der Waals surface area contributed by atoms with Crippen molar-refractivity contribution in [1.82, 2.24) is 15.3 Å². The minimum Gasteiger partial charge on any atom is -0.346 e. The smallest absolute Gasteiger partial charge is 0.277 e. The third-order valence-electron chi connectivity index (χ3n) is 2.34. The van der Waals surface area contributed by atoms with Crippen molar-refractivity contribution >= 4 is 5.91 Å². The maximum atomic E-state index is 12.9. The fourth-order valence-electron chi connectivity index (χ4n) is 1.35. The van der Waals surface area contributed by atoms with Gasteiger partial charge in [0.15, 0.2) is 0 Å². The molecule has 100 valence electrons. The Bertz CT molecular complexity index is 423. The van der Waals surface area contributed by atoms with Crippen molar-refractivity contribution in [2.75, 3.05) is 13.1 Å². The van der Waals surface area contributed by atoms with E-state index in [0.29, 0.717) is 5.69 Å². The molecule has 0 fully saturated rings. The Hall–Kier alpha value is -1.63. The number of alkyl halides is 2. The van der Waals surface area contributed by atoms with Crippen LogP contribution in [0, 0.1) is 0 Å². The van der Waals surface area contributed by atoms with Gasteiger partial charge >= 0.3 is 0 Å². The zero-order valence-electron chi connectivity index (χ0n) is 10.3. The number of nitrogens with one attached hydrogen (secondary N) is 1. The topological polar surface area (TPSA) is 80.9 Å². The van der Waals surface area contributed by atoms with Crippen molar-refractivity contribution in [2.24, 2.45) is 5.73 Å². The average molecular weight is 258 g/mol. The van der Waals surface area contributed by atoms with E-state index in [1.54, 1.807) is 0 Å². The van der Waals surface area contributed by atoms with E-state index < -0.39 is 24.9 Å². The molecule has 1 aromatic rings. The zero-order valence-corrected chi connectivity index (χ0v) is 10.3. The van der Waals surface area contributed by atoms with E-state index in [9.17, 15) is 13.6 Å². The van der Waals surface area contributed by atoms with E-state index in [2.05, 4.69) is 15.3 Å². The van der Waals surface area contributed by atoms with Gasteiger partial charge in [-0.15, -0.1) is 0 Å². The van der Waals surface area contributed by atoms with Crippen molar-refractivity contribution in [1.29, 1.82) is 0 Å². The van der Waals surface area contributed by atoms with Gasteiger partial charge in [0.2, 0.25) is 0 Å². The Morgan fingerprint density at radius 3 is 2.78 bits per heavy atom. The Balaban J connectivity index is 2.79. The van der Waals surface area contributed by atoms with Crippen molar-refractivity contribution < 1.29 is 13.6 Å². The first-order chi connectivity index (χ1) is 8.37. The van der Waals surface area contributed by atoms with E-state index in [1.807, 2.05) is 13.8 Å². The number of halogens is 2. The van der Waals surface area contributed by atoms with Crippen LogP contribution in [0.5, 0.6) is 0 Å². The molecule has 18 heavy (non-hydrogen) atoms. The van der Waals surface area contributed by atoms with Crippen molar-refractivity contribution in [3.05, 3.63) is 23.8 Å². The van der Waals surface area contributed by atoms with Gasteiger partial charge in [-0.2, -0.15) is 0 Å². The van der Waals surface area contributed by atoms with Gasteiger partial charge in [-0.05, 0) is 5.92 Å². The number of amides is 1. The number of hydrogen-bond donors (Lipinski definition) is 2. The van der Waals surface area contributed by atoms with Crippen LogP contribution in [0.3, 0.4) is 0 Å². The third-order valence-corrected chi connectivity index (χ3v) is 2.34. The lowest BCUT2D eigenvalue weighted by Crippen LogP contribution is -2.41. The molecule has 5 nitrogen and oxygen atoms in total. The molecule has 1 rings (SSSR count). The van der Waals surface area contributed by atoms with Gasteiger partial charge in [0, 0.05) is 6.20 Å². The number of nitrogens with zero attached hydrogens (tertiary/aromatic N) is 2. The monoisotopic (exact) mass is 258 g/mol. The van der Waals surface area contributed by atoms with Crippen molar-refractivity contribution in [3.8, 4) is 0 Å². The molecule has 0 saturated carbocycles. The highest BCUT2D eigenvalue weighted by molar-refractivity contribution is 5.95. The normalized spacial score (nSPS) is 11.7. The van der Waals surface area contributed by atoms with Crippen LogP contribution in [0.2, 0.25) is 0 Å². The second kappa shape index (κ2) is 5.81. The number of nitrogens with two attached hydrogens (primary N) is 1. The van der Waals surface area contributed by atoms with Crippen LogP contribution in [0.15, 0.2) is 12.5 Å². The number of aromatic nitrogens is 2. The first-order valence-corrected chi connectivity index (χ1v) is 5.53. The molecule has 0 aliphatic carbocycles. The van der Waals surface area contributed by atoms with E-state index in [0.717, 1.165) is 0 Å². The van der Waals surface area contributed by atoms with Crippen molar-refractivity contribution in [2.45, 2.75) is 25.7 Å². The Labute approximate surface area is 104 Å². The largest absolute Gasteiger partial charge is 0.346 e. The summed E-state index contributed by atoms with van der Waals surface area (Å²) in [7, 11) is 0. The highest BCUT2D eigenvalue weighted by Crippen LogP contribution is 2.16. The summed E-state index contributed by atoms with van der Waals surface area (Å²) in [6, 6.07) is 0. The van der Waals surface area contributed by atoms with E-state index in [4.69, 9.17) is 5.73 Å². The Morgan fingerprint density at radius 2 is 2.22 bits per heavy atom. The number of carbonyl (C=O) groups is 1. The lowest BCUT2D eigenvalue weighted by Gasteiger charge is -2.15. The quantitative estimate of drug-likeness (QED) is 0.823. The highest BCUT2D eigenvalue weighted by Gasteiger charge is 2.28. The molecule has 0 atom stereocenters. The van der Waals surface area contributed by atoms with Crippen LogP contribution in [-0.2, 0) is 0 Å². The van der Waals surface area contributed by atoms with Crippen molar-refractivity contribution in [3.63, 3.8) is 0 Å². The van der Waals surface area contributed by atoms with Gasteiger partial charge in [-0.3, -0.25) is 4.79 Å². The first kappa shape index (κ1) is 14.4. The molecule has 0 aliphatic rings. The maximum Gasteiger partial charge on any atom is 0.277 e. The summed E-state index contributed by atoms with van der Waals surface area (Å²) < 4.78 is 25.8. The van der Waals surface area contributed by atoms with Gasteiger partial charge < -0.3 is 11.1 Å². The molecule has 0 bridgehead atoms. The molecular formula is C11H16F2N4O. The Morgan fingerprint density at radius 1 is 1.56 bits per heavy atom. The molecule has 1 heterocycles. The zero-order chi connectivity index (χ0) is 13.8. The summed E-state index contributed by atoms with van der Waals surface area (Å²) in [5.74, 6) is -3.72. The van der Waals surface area contributed by atoms with Gasteiger partial charge in [-0.25, -0.2) is 18.7 Å². The van der Waals surface area contributed by atoms with Gasteiger partial charge in [0.1, 0.15) is 6.33 Å².